The predicted molar refractivity (Wildman–Crippen MR) is 110 cm³/mol. The molecule has 2 N–H and O–H groups in total. The number of aromatic nitrogens is 6. The van der Waals surface area contributed by atoms with Gasteiger partial charge in [-0.3, -0.25) is 5.10 Å². The maximum Gasteiger partial charge on any atom is 0.159 e. The van der Waals surface area contributed by atoms with Gasteiger partial charge in [0.2, 0.25) is 0 Å². The highest BCUT2D eigenvalue weighted by molar-refractivity contribution is 6.31. The molecule has 0 radical (unpaired) electrons. The maximum atomic E-state index is 8.95. The zero-order valence-electron chi connectivity index (χ0n) is 16.0. The minimum absolute atomic E-state index is 0.583. The molecule has 0 bridgehead atoms. The van der Waals surface area contributed by atoms with E-state index in [0.717, 1.165) is 28.2 Å². The molecule has 0 saturated heterocycles. The quantitative estimate of drug-likeness (QED) is 0.526. The van der Waals surface area contributed by atoms with Crippen LogP contribution in [0.5, 0.6) is 0 Å². The van der Waals surface area contributed by atoms with Gasteiger partial charge in [-0.15, -0.1) is 0 Å². The molecule has 9 heteroatoms. The van der Waals surface area contributed by atoms with E-state index in [4.69, 9.17) is 16.9 Å². The Balaban J connectivity index is 1.63. The molecule has 8 nitrogen and oxygen atoms in total. The van der Waals surface area contributed by atoms with Crippen molar-refractivity contribution in [2.24, 2.45) is 0 Å². The van der Waals surface area contributed by atoms with E-state index in [0.29, 0.717) is 28.0 Å². The van der Waals surface area contributed by atoms with E-state index >= 15 is 0 Å². The van der Waals surface area contributed by atoms with Crippen molar-refractivity contribution in [1.82, 2.24) is 29.9 Å². The van der Waals surface area contributed by atoms with Gasteiger partial charge in [-0.1, -0.05) is 23.7 Å². The third kappa shape index (κ3) is 3.44. The van der Waals surface area contributed by atoms with Crippen molar-refractivity contribution in [3.63, 3.8) is 0 Å². The van der Waals surface area contributed by atoms with Crippen LogP contribution in [-0.2, 0) is 0 Å². The lowest BCUT2D eigenvalue weighted by molar-refractivity contribution is 0.801. The number of aryl methyl sites for hydroxylation is 1. The number of hydrogen-bond acceptors (Lipinski definition) is 6. The summed E-state index contributed by atoms with van der Waals surface area (Å²) in [5.41, 5.74) is 4.92. The number of H-pyrrole nitrogens is 1. The molecule has 0 fully saturated rings. The highest BCUT2D eigenvalue weighted by atomic mass is 35.5. The van der Waals surface area contributed by atoms with Gasteiger partial charge < -0.3 is 5.32 Å². The van der Waals surface area contributed by atoms with Gasteiger partial charge in [0.05, 0.1) is 33.7 Å². The average Bonchev–Trinajstić information content (AvgIpc) is 3.23. The van der Waals surface area contributed by atoms with E-state index in [1.54, 1.807) is 22.9 Å². The van der Waals surface area contributed by atoms with Gasteiger partial charge in [-0.05, 0) is 38.5 Å². The smallest absolute Gasteiger partial charge is 0.159 e. The minimum Gasteiger partial charge on any atom is -0.323 e. The summed E-state index contributed by atoms with van der Waals surface area (Å²) in [6.45, 7) is 5.70. The fourth-order valence-electron chi connectivity index (χ4n) is 3.01. The van der Waals surface area contributed by atoms with Crippen molar-refractivity contribution in [3.8, 4) is 23.1 Å². The van der Waals surface area contributed by atoms with Crippen LogP contribution >= 0.6 is 11.6 Å². The maximum absolute atomic E-state index is 8.95. The summed E-state index contributed by atoms with van der Waals surface area (Å²) in [4.78, 5) is 8.57. The molecular weight excluding hydrogens is 388 g/mol. The monoisotopic (exact) mass is 404 g/mol. The molecule has 4 rings (SSSR count). The van der Waals surface area contributed by atoms with Crippen LogP contribution < -0.4 is 5.32 Å². The van der Waals surface area contributed by atoms with Gasteiger partial charge in [0.15, 0.2) is 11.6 Å². The molecule has 3 heterocycles. The van der Waals surface area contributed by atoms with Crippen LogP contribution in [0, 0.1) is 32.1 Å². The van der Waals surface area contributed by atoms with E-state index in [2.05, 4.69) is 36.7 Å². The molecule has 144 valence electrons. The predicted octanol–water partition coefficient (Wildman–Crippen LogP) is 4.25. The summed E-state index contributed by atoms with van der Waals surface area (Å²) in [6.07, 6.45) is 1.46. The third-order valence-electron chi connectivity index (χ3n) is 4.63. The molecule has 3 aromatic heterocycles. The van der Waals surface area contributed by atoms with Gasteiger partial charge >= 0.3 is 0 Å². The summed E-state index contributed by atoms with van der Waals surface area (Å²) < 4.78 is 1.68. The van der Waals surface area contributed by atoms with Gasteiger partial charge in [-0.25, -0.2) is 14.6 Å². The van der Waals surface area contributed by atoms with Crippen LogP contribution in [0.3, 0.4) is 0 Å². The van der Waals surface area contributed by atoms with Gasteiger partial charge in [0, 0.05) is 11.6 Å². The number of anilines is 2. The summed E-state index contributed by atoms with van der Waals surface area (Å²) in [6, 6.07) is 11.2. The first-order valence-corrected chi connectivity index (χ1v) is 9.22. The first-order chi connectivity index (χ1) is 14.0. The molecule has 29 heavy (non-hydrogen) atoms. The molecule has 0 amide bonds. The molecular formula is C20H17ClN8. The Labute approximate surface area is 172 Å². The number of benzene rings is 1. The Hall–Kier alpha value is -3.70. The summed E-state index contributed by atoms with van der Waals surface area (Å²) in [5, 5.41) is 24.6. The largest absolute Gasteiger partial charge is 0.323 e. The Kier molecular flexibility index (Phi) is 4.74. The number of hydrogen-bond donors (Lipinski definition) is 2. The highest BCUT2D eigenvalue weighted by Gasteiger charge is 2.14. The standard InChI is InChI=1S/C20H17ClN8/c1-11-19(15-6-4-14(9-22)5-7-15)26-27-20(11)25-16-8-17(24-10-23-16)29-13(3)18(21)12(2)28-29/h4-8,10H,1-3H3,(H2,23,24,25,26,27). The molecule has 0 unspecified atom stereocenters. The first-order valence-electron chi connectivity index (χ1n) is 8.84. The SMILES string of the molecule is Cc1nn(-c2cc(Nc3n[nH]c(-c4ccc(C#N)cc4)c3C)ncn2)c(C)c1Cl. The summed E-state index contributed by atoms with van der Waals surface area (Å²) >= 11 is 6.24. The molecule has 0 spiro atoms. The molecule has 0 aliphatic rings. The molecule has 0 atom stereocenters. The lowest BCUT2D eigenvalue weighted by atomic mass is 10.1. The topological polar surface area (TPSA) is 108 Å². The van der Waals surface area contributed by atoms with Crippen LogP contribution in [-0.4, -0.2) is 29.9 Å². The van der Waals surface area contributed by atoms with Crippen LogP contribution in [0.2, 0.25) is 5.02 Å². The number of rotatable bonds is 4. The van der Waals surface area contributed by atoms with Crippen molar-refractivity contribution in [2.45, 2.75) is 20.8 Å². The van der Waals surface area contributed by atoms with Gasteiger partial charge in [0.1, 0.15) is 12.1 Å². The minimum atomic E-state index is 0.583. The highest BCUT2D eigenvalue weighted by Crippen LogP contribution is 2.28. The van der Waals surface area contributed by atoms with Gasteiger partial charge in [-0.2, -0.15) is 15.5 Å². The lowest BCUT2D eigenvalue weighted by Gasteiger charge is -2.07. The molecule has 0 aliphatic heterocycles. The molecule has 4 aromatic rings. The van der Waals surface area contributed by atoms with E-state index < -0.39 is 0 Å². The Morgan fingerprint density at radius 2 is 1.90 bits per heavy atom. The molecule has 1 aromatic carbocycles. The fraction of sp³-hybridized carbons (Fsp3) is 0.150. The van der Waals surface area contributed by atoms with Crippen molar-refractivity contribution in [3.05, 3.63) is 64.2 Å². The second-order valence-corrected chi connectivity index (χ2v) is 6.92. The Bertz CT molecular complexity index is 1230. The zero-order chi connectivity index (χ0) is 20.5. The number of nitriles is 1. The molecule has 0 saturated carbocycles. The van der Waals surface area contributed by atoms with E-state index in [1.807, 2.05) is 32.9 Å². The van der Waals surface area contributed by atoms with Crippen molar-refractivity contribution >= 4 is 23.2 Å². The first kappa shape index (κ1) is 18.7. The van der Waals surface area contributed by atoms with Crippen molar-refractivity contribution < 1.29 is 0 Å². The van der Waals surface area contributed by atoms with Gasteiger partial charge in [0.25, 0.3) is 0 Å². The Morgan fingerprint density at radius 3 is 2.55 bits per heavy atom. The van der Waals surface area contributed by atoms with Crippen LogP contribution in [0.15, 0.2) is 36.7 Å². The summed E-state index contributed by atoms with van der Waals surface area (Å²) in [7, 11) is 0. The number of nitrogens with one attached hydrogen (secondary N) is 2. The number of nitrogens with zero attached hydrogens (tertiary/aromatic N) is 6. The van der Waals surface area contributed by atoms with E-state index in [-0.39, 0.29) is 0 Å². The van der Waals surface area contributed by atoms with Crippen molar-refractivity contribution in [2.75, 3.05) is 5.32 Å². The van der Waals surface area contributed by atoms with Crippen LogP contribution in [0.25, 0.3) is 17.1 Å². The zero-order valence-corrected chi connectivity index (χ0v) is 16.8. The molecule has 0 aliphatic carbocycles. The summed E-state index contributed by atoms with van der Waals surface area (Å²) in [5.74, 6) is 1.84. The second kappa shape index (κ2) is 7.37. The van der Waals surface area contributed by atoms with E-state index in [9.17, 15) is 0 Å². The van der Waals surface area contributed by atoms with Crippen LogP contribution in [0.1, 0.15) is 22.5 Å². The number of aromatic amines is 1. The second-order valence-electron chi connectivity index (χ2n) is 6.54. The van der Waals surface area contributed by atoms with Crippen molar-refractivity contribution in [1.29, 1.82) is 5.26 Å². The number of halogens is 1. The van der Waals surface area contributed by atoms with E-state index in [1.165, 1.54) is 6.33 Å². The lowest BCUT2D eigenvalue weighted by Crippen LogP contribution is -2.04. The third-order valence-corrected chi connectivity index (χ3v) is 5.18. The average molecular weight is 405 g/mol. The van der Waals surface area contributed by atoms with Crippen LogP contribution in [0.4, 0.5) is 11.6 Å². The fourth-order valence-corrected chi connectivity index (χ4v) is 3.13. The Morgan fingerprint density at radius 1 is 1.14 bits per heavy atom. The normalized spacial score (nSPS) is 10.7.